The van der Waals surface area contributed by atoms with Gasteiger partial charge in [0.25, 0.3) is 0 Å². The second kappa shape index (κ2) is 4.53. The zero-order valence-electron chi connectivity index (χ0n) is 11.1. The molecule has 5 nitrogen and oxygen atoms in total. The molecule has 0 aromatic heterocycles. The Kier molecular flexibility index (Phi) is 3.36. The number of carboxylic acid groups (broad SMARTS) is 1. The predicted octanol–water partition coefficient (Wildman–Crippen LogP) is 0.968. The molecule has 0 aromatic rings. The highest BCUT2D eigenvalue weighted by Crippen LogP contribution is 2.40. The molecule has 0 aromatic carbocycles. The van der Waals surface area contributed by atoms with Gasteiger partial charge in [-0.1, -0.05) is 12.8 Å². The van der Waals surface area contributed by atoms with Crippen LogP contribution >= 0.6 is 0 Å². The monoisotopic (exact) mass is 254 g/mol. The number of hydrogen-bond donors (Lipinski definition) is 2. The van der Waals surface area contributed by atoms with Gasteiger partial charge in [-0.25, -0.2) is 4.79 Å². The van der Waals surface area contributed by atoms with E-state index in [-0.39, 0.29) is 11.9 Å². The molecular weight excluding hydrogens is 232 g/mol. The van der Waals surface area contributed by atoms with Gasteiger partial charge in [0, 0.05) is 6.04 Å². The van der Waals surface area contributed by atoms with Crippen molar-refractivity contribution in [1.29, 1.82) is 0 Å². The van der Waals surface area contributed by atoms with Crippen LogP contribution in [0, 0.1) is 5.92 Å². The molecule has 102 valence electrons. The van der Waals surface area contributed by atoms with E-state index in [4.69, 9.17) is 5.73 Å². The van der Waals surface area contributed by atoms with Crippen LogP contribution in [0.1, 0.15) is 46.0 Å². The lowest BCUT2D eigenvalue weighted by Crippen LogP contribution is -2.57. The predicted molar refractivity (Wildman–Crippen MR) is 66.9 cm³/mol. The van der Waals surface area contributed by atoms with Crippen molar-refractivity contribution in [1.82, 2.24) is 4.90 Å². The van der Waals surface area contributed by atoms with Gasteiger partial charge in [-0.3, -0.25) is 4.79 Å². The van der Waals surface area contributed by atoms with Crippen molar-refractivity contribution in [2.75, 3.05) is 0 Å². The Morgan fingerprint density at radius 2 is 1.89 bits per heavy atom. The Morgan fingerprint density at radius 3 is 2.44 bits per heavy atom. The molecule has 5 heteroatoms. The van der Waals surface area contributed by atoms with Crippen LogP contribution < -0.4 is 5.73 Å². The van der Waals surface area contributed by atoms with Crippen LogP contribution in [0.5, 0.6) is 0 Å². The summed E-state index contributed by atoms with van der Waals surface area (Å²) in [5.41, 5.74) is 4.86. The zero-order valence-corrected chi connectivity index (χ0v) is 11.1. The van der Waals surface area contributed by atoms with Gasteiger partial charge in [-0.05, 0) is 39.0 Å². The third kappa shape index (κ3) is 2.23. The SMILES string of the molecule is CC(C)(N)C(=O)N1C(C(=O)O)CC2CCCCC21. The van der Waals surface area contributed by atoms with E-state index in [1.807, 2.05) is 0 Å². The molecule has 3 unspecified atom stereocenters. The summed E-state index contributed by atoms with van der Waals surface area (Å²) >= 11 is 0. The lowest BCUT2D eigenvalue weighted by Gasteiger charge is -2.36. The zero-order chi connectivity index (χ0) is 13.5. The van der Waals surface area contributed by atoms with Gasteiger partial charge in [0.15, 0.2) is 0 Å². The molecule has 18 heavy (non-hydrogen) atoms. The van der Waals surface area contributed by atoms with E-state index in [0.717, 1.165) is 25.7 Å². The van der Waals surface area contributed by atoms with Gasteiger partial charge in [0.2, 0.25) is 5.91 Å². The Balaban J connectivity index is 2.27. The van der Waals surface area contributed by atoms with Crippen molar-refractivity contribution in [3.05, 3.63) is 0 Å². The van der Waals surface area contributed by atoms with E-state index in [1.165, 1.54) is 0 Å². The Bertz CT molecular complexity index is 362. The van der Waals surface area contributed by atoms with Gasteiger partial charge >= 0.3 is 5.97 Å². The van der Waals surface area contributed by atoms with Crippen molar-refractivity contribution in [3.8, 4) is 0 Å². The summed E-state index contributed by atoms with van der Waals surface area (Å²) in [5, 5.41) is 9.31. The first-order valence-corrected chi connectivity index (χ1v) is 6.67. The van der Waals surface area contributed by atoms with Crippen LogP contribution in [0.2, 0.25) is 0 Å². The molecule has 2 rings (SSSR count). The Labute approximate surface area is 107 Å². The summed E-state index contributed by atoms with van der Waals surface area (Å²) in [4.78, 5) is 25.3. The summed E-state index contributed by atoms with van der Waals surface area (Å²) in [5.74, 6) is -0.794. The van der Waals surface area contributed by atoms with Gasteiger partial charge in [0.1, 0.15) is 6.04 Å². The van der Waals surface area contributed by atoms with Crippen molar-refractivity contribution in [2.24, 2.45) is 11.7 Å². The topological polar surface area (TPSA) is 83.6 Å². The maximum atomic E-state index is 12.4. The largest absolute Gasteiger partial charge is 0.480 e. The molecular formula is C13H22N2O3. The number of fused-ring (bicyclic) bond motifs is 1. The summed E-state index contributed by atoms with van der Waals surface area (Å²) in [7, 11) is 0. The van der Waals surface area contributed by atoms with Crippen LogP contribution in [-0.4, -0.2) is 39.5 Å². The smallest absolute Gasteiger partial charge is 0.326 e. The first kappa shape index (κ1) is 13.3. The highest BCUT2D eigenvalue weighted by Gasteiger charge is 2.49. The van der Waals surface area contributed by atoms with E-state index in [9.17, 15) is 14.7 Å². The number of rotatable bonds is 2. The van der Waals surface area contributed by atoms with Crippen LogP contribution in [0.4, 0.5) is 0 Å². The fourth-order valence-corrected chi connectivity index (χ4v) is 3.31. The third-order valence-corrected chi connectivity index (χ3v) is 4.16. The second-order valence-corrected chi connectivity index (χ2v) is 6.14. The molecule has 0 bridgehead atoms. The molecule has 1 heterocycles. The first-order valence-electron chi connectivity index (χ1n) is 6.67. The van der Waals surface area contributed by atoms with Crippen molar-refractivity contribution in [2.45, 2.75) is 63.6 Å². The fourth-order valence-electron chi connectivity index (χ4n) is 3.31. The highest BCUT2D eigenvalue weighted by atomic mass is 16.4. The number of nitrogens with zero attached hydrogens (tertiary/aromatic N) is 1. The molecule has 2 aliphatic rings. The van der Waals surface area contributed by atoms with Gasteiger partial charge < -0.3 is 15.7 Å². The molecule has 1 aliphatic heterocycles. The van der Waals surface area contributed by atoms with Gasteiger partial charge in [-0.15, -0.1) is 0 Å². The van der Waals surface area contributed by atoms with E-state index in [0.29, 0.717) is 12.3 Å². The average molecular weight is 254 g/mol. The molecule has 1 amide bonds. The number of likely N-dealkylation sites (tertiary alicyclic amines) is 1. The van der Waals surface area contributed by atoms with E-state index < -0.39 is 17.6 Å². The molecule has 0 spiro atoms. The molecule has 3 N–H and O–H groups in total. The van der Waals surface area contributed by atoms with Crippen LogP contribution in [0.15, 0.2) is 0 Å². The van der Waals surface area contributed by atoms with Crippen molar-refractivity contribution >= 4 is 11.9 Å². The molecule has 1 saturated heterocycles. The van der Waals surface area contributed by atoms with E-state index in [2.05, 4.69) is 0 Å². The number of amides is 1. The van der Waals surface area contributed by atoms with Crippen molar-refractivity contribution in [3.63, 3.8) is 0 Å². The Hall–Kier alpha value is -1.10. The quantitative estimate of drug-likeness (QED) is 0.769. The first-order chi connectivity index (χ1) is 8.32. The lowest BCUT2D eigenvalue weighted by atomic mass is 9.84. The second-order valence-electron chi connectivity index (χ2n) is 6.14. The van der Waals surface area contributed by atoms with Crippen LogP contribution in [0.25, 0.3) is 0 Å². The minimum absolute atomic E-state index is 0.0789. The Morgan fingerprint density at radius 1 is 1.28 bits per heavy atom. The number of carbonyl (C=O) groups excluding carboxylic acids is 1. The number of carboxylic acids is 1. The summed E-state index contributed by atoms with van der Waals surface area (Å²) < 4.78 is 0. The number of hydrogen-bond acceptors (Lipinski definition) is 3. The summed E-state index contributed by atoms with van der Waals surface area (Å²) in [6.45, 7) is 3.29. The van der Waals surface area contributed by atoms with Crippen molar-refractivity contribution < 1.29 is 14.7 Å². The number of nitrogens with two attached hydrogens (primary N) is 1. The normalized spacial score (nSPS) is 32.2. The standard InChI is InChI=1S/C13H22N2O3/c1-13(2,14)12(18)15-9-6-4-3-5-8(9)7-10(15)11(16)17/h8-10H,3-7,14H2,1-2H3,(H,16,17). The molecule has 1 aliphatic carbocycles. The average Bonchev–Trinajstić information content (AvgIpc) is 2.65. The van der Waals surface area contributed by atoms with Gasteiger partial charge in [-0.2, -0.15) is 0 Å². The number of carbonyl (C=O) groups is 2. The summed E-state index contributed by atoms with van der Waals surface area (Å²) in [6.07, 6.45) is 4.74. The maximum absolute atomic E-state index is 12.4. The van der Waals surface area contributed by atoms with Gasteiger partial charge in [0.05, 0.1) is 5.54 Å². The highest BCUT2D eigenvalue weighted by molar-refractivity contribution is 5.90. The molecule has 1 saturated carbocycles. The number of aliphatic carboxylic acids is 1. The molecule has 0 radical (unpaired) electrons. The minimum atomic E-state index is -1.000. The van der Waals surface area contributed by atoms with Crippen LogP contribution in [0.3, 0.4) is 0 Å². The minimum Gasteiger partial charge on any atom is -0.480 e. The lowest BCUT2D eigenvalue weighted by molar-refractivity contribution is -0.151. The molecule has 2 fully saturated rings. The van der Waals surface area contributed by atoms with Crippen LogP contribution in [-0.2, 0) is 9.59 Å². The molecule has 3 atom stereocenters. The third-order valence-electron chi connectivity index (χ3n) is 4.16. The van der Waals surface area contributed by atoms with E-state index in [1.54, 1.807) is 18.7 Å². The summed E-state index contributed by atoms with van der Waals surface area (Å²) in [6, 6.07) is -0.608. The maximum Gasteiger partial charge on any atom is 0.326 e. The fraction of sp³-hybridized carbons (Fsp3) is 0.846. The van der Waals surface area contributed by atoms with E-state index >= 15 is 0 Å².